The van der Waals surface area contributed by atoms with Gasteiger partial charge in [-0.05, 0) is 160 Å². The molecule has 2 atom stereocenters. The fraction of sp³-hybridized carbons (Fsp3) is 0.322. The van der Waals surface area contributed by atoms with Crippen LogP contribution in [0.25, 0.3) is 22.2 Å². The van der Waals surface area contributed by atoms with Crippen LogP contribution in [0, 0.1) is 18.3 Å². The third kappa shape index (κ3) is 11.5. The highest BCUT2D eigenvalue weighted by Crippen LogP contribution is 2.42. The molecule has 80 heavy (non-hydrogen) atoms. The van der Waals surface area contributed by atoms with Crippen LogP contribution in [0.15, 0.2) is 120 Å². The molecule has 16 nitrogen and oxygen atoms in total. The molecule has 7 aromatic rings. The number of thiocarbonyl (C=S) groups is 1. The number of nitrogens with zero attached hydrogens (tertiary/aromatic N) is 7. The van der Waals surface area contributed by atoms with Gasteiger partial charge >= 0.3 is 12.1 Å². The minimum Gasteiger partial charge on any atom is -0.494 e. The number of aromatic nitrogens is 3. The number of unbranched alkanes of at least 4 members (excludes halogenated alkanes) is 1. The van der Waals surface area contributed by atoms with Crippen LogP contribution < -0.4 is 28.7 Å². The third-order valence-corrected chi connectivity index (χ3v) is 16.4. The second kappa shape index (κ2) is 23.0. The zero-order valence-corrected chi connectivity index (χ0v) is 46.7. The first kappa shape index (κ1) is 56.7. The normalized spacial score (nSPS) is 16.4. The predicted molar refractivity (Wildman–Crippen MR) is 298 cm³/mol. The average Bonchev–Trinajstić information content (AvgIpc) is 3.97. The molecule has 6 aromatic carbocycles. The van der Waals surface area contributed by atoms with Crippen LogP contribution in [0.3, 0.4) is 0 Å². The van der Waals surface area contributed by atoms with Gasteiger partial charge in [-0.15, -0.1) is 5.10 Å². The van der Waals surface area contributed by atoms with Gasteiger partial charge < -0.3 is 28.6 Å². The Morgan fingerprint density at radius 2 is 1.56 bits per heavy atom. The summed E-state index contributed by atoms with van der Waals surface area (Å²) in [6, 6.07) is 33.8. The van der Waals surface area contributed by atoms with E-state index < -0.39 is 50.8 Å². The lowest BCUT2D eigenvalue weighted by molar-refractivity contribution is -0.143. The van der Waals surface area contributed by atoms with E-state index in [0.717, 1.165) is 50.4 Å². The number of esters is 1. The molecule has 416 valence electrons. The molecule has 0 spiro atoms. The van der Waals surface area contributed by atoms with Gasteiger partial charge in [0.15, 0.2) is 5.11 Å². The van der Waals surface area contributed by atoms with Crippen molar-refractivity contribution >= 4 is 61.6 Å². The van der Waals surface area contributed by atoms with Crippen molar-refractivity contribution < 1.29 is 54.9 Å². The van der Waals surface area contributed by atoms with Gasteiger partial charge in [-0.3, -0.25) is 14.5 Å². The van der Waals surface area contributed by atoms with Gasteiger partial charge in [0.25, 0.3) is 5.91 Å². The largest absolute Gasteiger partial charge is 0.494 e. The number of sulfonamides is 1. The Bertz CT molecular complexity index is 3660. The first-order valence-corrected chi connectivity index (χ1v) is 27.7. The summed E-state index contributed by atoms with van der Waals surface area (Å²) in [4.78, 5) is 29.4. The van der Waals surface area contributed by atoms with E-state index in [2.05, 4.69) is 10.3 Å². The molecule has 21 heteroatoms. The summed E-state index contributed by atoms with van der Waals surface area (Å²) < 4.78 is 103. The van der Waals surface area contributed by atoms with Crippen LogP contribution >= 0.6 is 12.2 Å². The molecule has 1 amide bonds. The summed E-state index contributed by atoms with van der Waals surface area (Å²) in [5.74, 6) is 0.513. The summed E-state index contributed by atoms with van der Waals surface area (Å²) in [5, 5.41) is 17.7. The fourth-order valence-electron chi connectivity index (χ4n) is 10.0. The Morgan fingerprint density at radius 1 is 0.900 bits per heavy atom. The fourth-order valence-corrected chi connectivity index (χ4v) is 12.1. The summed E-state index contributed by atoms with van der Waals surface area (Å²) in [7, 11) is -0.712. The maximum Gasteiger partial charge on any atom is 0.417 e. The molecule has 1 unspecified atom stereocenters. The number of fused-ring (bicyclic) bond motifs is 2. The lowest BCUT2D eigenvalue weighted by Gasteiger charge is -2.29. The molecule has 0 radical (unpaired) electrons. The predicted octanol–water partition coefficient (Wildman–Crippen LogP) is 11.1. The van der Waals surface area contributed by atoms with Gasteiger partial charge in [-0.2, -0.15) is 22.7 Å². The second-order valence-electron chi connectivity index (χ2n) is 20.0. The van der Waals surface area contributed by atoms with Crippen molar-refractivity contribution in [2.75, 3.05) is 43.3 Å². The number of amides is 1. The Kier molecular flexibility index (Phi) is 16.3. The van der Waals surface area contributed by atoms with Crippen molar-refractivity contribution in [3.05, 3.63) is 149 Å². The Hall–Kier alpha value is -8.06. The van der Waals surface area contributed by atoms with Crippen LogP contribution in [0.5, 0.6) is 23.0 Å². The first-order valence-electron chi connectivity index (χ1n) is 25.8. The summed E-state index contributed by atoms with van der Waals surface area (Å²) >= 11 is 5.69. The van der Waals surface area contributed by atoms with E-state index in [1.807, 2.05) is 80.6 Å². The molecule has 3 heterocycles. The molecular weight excluding hydrogens is 1070 g/mol. The van der Waals surface area contributed by atoms with Gasteiger partial charge in [-0.1, -0.05) is 47.7 Å². The smallest absolute Gasteiger partial charge is 0.417 e. The molecule has 1 aromatic heterocycles. The number of rotatable bonds is 18. The quantitative estimate of drug-likeness (QED) is 0.0450. The van der Waals surface area contributed by atoms with Gasteiger partial charge in [0.1, 0.15) is 50.6 Å². The van der Waals surface area contributed by atoms with Crippen molar-refractivity contribution in [3.8, 4) is 40.2 Å². The maximum atomic E-state index is 14.4. The molecule has 0 saturated carbocycles. The number of hydrogen-bond acceptors (Lipinski definition) is 13. The molecule has 0 N–H and O–H groups in total. The molecule has 2 aliphatic rings. The third-order valence-electron chi connectivity index (χ3n) is 14.2. The summed E-state index contributed by atoms with van der Waals surface area (Å²) in [5.41, 5.74) is 3.82. The summed E-state index contributed by atoms with van der Waals surface area (Å²) in [6.07, 6.45) is -3.96. The molecule has 0 aliphatic carbocycles. The van der Waals surface area contributed by atoms with E-state index in [9.17, 15) is 36.4 Å². The highest BCUT2D eigenvalue weighted by atomic mass is 32.2. The number of methoxy groups -OCH3 is 1. The van der Waals surface area contributed by atoms with Crippen LogP contribution in [0.4, 0.5) is 24.5 Å². The number of halogens is 3. The van der Waals surface area contributed by atoms with Crippen LogP contribution in [0.2, 0.25) is 0 Å². The van der Waals surface area contributed by atoms with Gasteiger partial charge in [0.05, 0.1) is 62.8 Å². The molecular formula is C59H58F3N7O9S2. The number of alkyl halides is 3. The van der Waals surface area contributed by atoms with Gasteiger partial charge in [0.2, 0.25) is 10.0 Å². The highest BCUT2D eigenvalue weighted by Gasteiger charge is 2.51. The van der Waals surface area contributed by atoms with Crippen LogP contribution in [0.1, 0.15) is 86.3 Å². The van der Waals surface area contributed by atoms with Gasteiger partial charge in [-0.25, -0.2) is 13.1 Å². The van der Waals surface area contributed by atoms with E-state index in [0.29, 0.717) is 60.0 Å². The lowest BCUT2D eigenvalue weighted by Crippen LogP contribution is -2.44. The summed E-state index contributed by atoms with van der Waals surface area (Å²) in [6.45, 7) is 9.92. The SMILES string of the molecule is CCOC(=O)CC(c1ccc(C)c(CN2C[C@@H](C)Oc3cc(OCCCCOc4ccc(-c5ccc(N6C(=S)N(c7ccc(C#N)c(C(F)(F)F)c7)C(=O)C6(C)C)cc5)cc4)ccc3S2(=O)=O)c1)c1cc(OC)c2c(c1)nnn2C. The second-order valence-corrected chi connectivity index (χ2v) is 22.3. The van der Waals surface area contributed by atoms with E-state index in [4.69, 9.17) is 35.9 Å². The maximum absolute atomic E-state index is 14.4. The number of carbonyl (C=O) groups is 2. The van der Waals surface area contributed by atoms with Crippen molar-refractivity contribution in [1.29, 1.82) is 5.26 Å². The molecule has 1 fully saturated rings. The van der Waals surface area contributed by atoms with Crippen molar-refractivity contribution in [2.24, 2.45) is 7.05 Å². The average molecular weight is 1130 g/mol. The number of hydrogen-bond donors (Lipinski definition) is 0. The molecule has 9 rings (SSSR count). The number of aryl methyl sites for hydroxylation is 2. The number of nitriles is 1. The van der Waals surface area contributed by atoms with E-state index in [-0.39, 0.29) is 53.5 Å². The Labute approximate surface area is 467 Å². The van der Waals surface area contributed by atoms with Crippen molar-refractivity contribution in [2.45, 2.75) is 89.1 Å². The van der Waals surface area contributed by atoms with Crippen molar-refractivity contribution in [3.63, 3.8) is 0 Å². The van der Waals surface area contributed by atoms with Crippen molar-refractivity contribution in [1.82, 2.24) is 19.3 Å². The molecule has 2 aliphatic heterocycles. The molecule has 1 saturated heterocycles. The van der Waals surface area contributed by atoms with Crippen LogP contribution in [-0.4, -0.2) is 89.8 Å². The number of ether oxygens (including phenoxy) is 5. The number of anilines is 2. The van der Waals surface area contributed by atoms with Gasteiger partial charge in [0, 0.05) is 31.3 Å². The van der Waals surface area contributed by atoms with E-state index in [1.54, 1.807) is 74.8 Å². The topological polar surface area (TPSA) is 179 Å². The number of benzene rings is 6. The number of carbonyl (C=O) groups excluding carboxylic acids is 2. The Morgan fingerprint density at radius 3 is 2.23 bits per heavy atom. The lowest BCUT2D eigenvalue weighted by atomic mass is 9.86. The zero-order valence-electron chi connectivity index (χ0n) is 45.0. The monoisotopic (exact) mass is 1130 g/mol. The minimum atomic E-state index is -4.81. The standard InChI is InChI=1S/C59H58F3N7O9S2/c1-8-75-54(70)32-48(42-28-50-55(52(29-42)74-7)66(6)65-64-50)40-12-11-36(2)43(27-40)35-67-34-37(3)78-51-31-47(23-24-53(51)80(67,72)73)77-26-10-9-25-76-46-21-16-39(17-22-46)38-13-18-44(19-14-38)69-57(79)68(56(71)58(69,4)5)45-20-15-41(33-63)49(30-45)59(60,61)62/h11-24,27-31,37,48H,8-10,25-26,32,34-35H2,1-7H3/t37-,48?/m1/s1. The van der Waals surface area contributed by atoms with E-state index >= 15 is 0 Å². The molecule has 0 bridgehead atoms. The van der Waals surface area contributed by atoms with E-state index in [1.165, 1.54) is 16.4 Å². The van der Waals surface area contributed by atoms with Crippen LogP contribution in [-0.2, 0) is 44.1 Å². The Balaban J connectivity index is 0.790. The minimum absolute atomic E-state index is 0.00621. The highest BCUT2D eigenvalue weighted by molar-refractivity contribution is 7.89. The zero-order chi connectivity index (χ0) is 57.3. The first-order chi connectivity index (χ1) is 38.1.